The van der Waals surface area contributed by atoms with Gasteiger partial charge >= 0.3 is 18.0 Å². The minimum atomic E-state index is -1.17. The van der Waals surface area contributed by atoms with Crippen LogP contribution in [0.5, 0.6) is 0 Å². The number of aliphatic carboxylic acids is 1. The maximum Gasteiger partial charge on any atom is 0.326 e. The Morgan fingerprint density at radius 1 is 0.625 bits per heavy atom. The van der Waals surface area contributed by atoms with E-state index in [0.717, 1.165) is 33.4 Å². The molecule has 2 amide bonds. The number of esters is 1. The molecular weight excluding hydrogens is 600 g/mol. The van der Waals surface area contributed by atoms with E-state index in [1.165, 1.54) is 4.90 Å². The van der Waals surface area contributed by atoms with Crippen molar-refractivity contribution in [1.82, 2.24) is 10.2 Å². The second-order valence-corrected chi connectivity index (χ2v) is 11.8. The zero-order valence-corrected chi connectivity index (χ0v) is 26.8. The van der Waals surface area contributed by atoms with E-state index in [0.29, 0.717) is 12.8 Å². The number of carbonyl (C=O) groups is 3. The van der Waals surface area contributed by atoms with Crippen LogP contribution in [0.15, 0.2) is 146 Å². The third-order valence-corrected chi connectivity index (χ3v) is 8.22. The number of aryl methyl sites for hydroxylation is 1. The Labute approximate surface area is 281 Å². The number of nitrogens with one attached hydrogen (secondary N) is 1. The lowest BCUT2D eigenvalue weighted by molar-refractivity contribution is -0.150. The van der Waals surface area contributed by atoms with Crippen molar-refractivity contribution >= 4 is 18.0 Å². The standard InChI is InChI=1S/C41H40N2O5/c44-39(45)38(27-32-22-24-36(25-23-32)35-19-11-4-12-20-35)42-41(47)43(28-33-15-7-2-8-16-33)29-37(26-21-31-13-5-1-6-14-31)40(46)48-30-34-17-9-3-10-18-34/h1-20,22-25,37-38H,21,26-30H2,(H,42,47)(H,44,45)/t37?,38-/m0/s1. The number of hydrogen-bond acceptors (Lipinski definition) is 4. The predicted octanol–water partition coefficient (Wildman–Crippen LogP) is 7.55. The van der Waals surface area contributed by atoms with E-state index in [9.17, 15) is 19.5 Å². The van der Waals surface area contributed by atoms with Gasteiger partial charge in [-0.1, -0.05) is 146 Å². The fraction of sp³-hybridized carbons (Fsp3) is 0.195. The molecule has 0 bridgehead atoms. The van der Waals surface area contributed by atoms with Crippen molar-refractivity contribution in [2.45, 2.75) is 38.5 Å². The second-order valence-electron chi connectivity index (χ2n) is 11.8. The molecule has 0 saturated carbocycles. The highest BCUT2D eigenvalue weighted by Gasteiger charge is 2.29. The Kier molecular flexibility index (Phi) is 12.1. The molecule has 2 N–H and O–H groups in total. The zero-order valence-electron chi connectivity index (χ0n) is 26.8. The summed E-state index contributed by atoms with van der Waals surface area (Å²) in [6.07, 6.45) is 1.17. The average molecular weight is 641 g/mol. The summed E-state index contributed by atoms with van der Waals surface area (Å²) in [5.74, 6) is -2.19. The van der Waals surface area contributed by atoms with E-state index in [1.807, 2.05) is 146 Å². The SMILES string of the molecule is O=C(OCc1ccccc1)C(CCc1ccccc1)CN(Cc1ccccc1)C(=O)N[C@@H](Cc1ccc(-c2ccccc2)cc1)C(=O)O. The summed E-state index contributed by atoms with van der Waals surface area (Å²) in [4.78, 5) is 41.4. The normalized spacial score (nSPS) is 12.0. The summed E-state index contributed by atoms with van der Waals surface area (Å²) in [5, 5.41) is 12.9. The van der Waals surface area contributed by atoms with Crippen LogP contribution in [0, 0.1) is 5.92 Å². The van der Waals surface area contributed by atoms with Gasteiger partial charge in [-0.15, -0.1) is 0 Å². The van der Waals surface area contributed by atoms with Crippen LogP contribution >= 0.6 is 0 Å². The number of hydrogen-bond donors (Lipinski definition) is 2. The van der Waals surface area contributed by atoms with E-state index < -0.39 is 29.9 Å². The van der Waals surface area contributed by atoms with Crippen LogP contribution in [0.3, 0.4) is 0 Å². The zero-order chi connectivity index (χ0) is 33.6. The van der Waals surface area contributed by atoms with Crippen molar-refractivity contribution in [2.75, 3.05) is 6.54 Å². The van der Waals surface area contributed by atoms with Gasteiger partial charge in [-0.2, -0.15) is 0 Å². The van der Waals surface area contributed by atoms with Gasteiger partial charge < -0.3 is 20.1 Å². The molecule has 5 rings (SSSR count). The van der Waals surface area contributed by atoms with Crippen LogP contribution in [0.1, 0.15) is 28.7 Å². The van der Waals surface area contributed by atoms with E-state index in [-0.39, 0.29) is 26.1 Å². The Balaban J connectivity index is 1.33. The lowest BCUT2D eigenvalue weighted by atomic mass is 9.98. The minimum absolute atomic E-state index is 0.0549. The van der Waals surface area contributed by atoms with Crippen LogP contribution < -0.4 is 5.32 Å². The van der Waals surface area contributed by atoms with Crippen molar-refractivity contribution in [3.63, 3.8) is 0 Å². The molecule has 2 atom stereocenters. The summed E-state index contributed by atoms with van der Waals surface area (Å²) in [6, 6.07) is 44.6. The van der Waals surface area contributed by atoms with Gasteiger partial charge in [0.05, 0.1) is 5.92 Å². The molecule has 0 aliphatic carbocycles. The van der Waals surface area contributed by atoms with Crippen LogP contribution in [0.4, 0.5) is 4.79 Å². The van der Waals surface area contributed by atoms with E-state index >= 15 is 0 Å². The second kappa shape index (κ2) is 17.3. The first-order valence-corrected chi connectivity index (χ1v) is 16.2. The first-order valence-electron chi connectivity index (χ1n) is 16.2. The quantitative estimate of drug-likeness (QED) is 0.115. The van der Waals surface area contributed by atoms with Gasteiger partial charge in [-0.3, -0.25) is 4.79 Å². The number of urea groups is 1. The third-order valence-electron chi connectivity index (χ3n) is 8.22. The topological polar surface area (TPSA) is 95.9 Å². The molecule has 5 aromatic rings. The molecule has 0 fully saturated rings. The monoisotopic (exact) mass is 640 g/mol. The molecule has 0 aromatic heterocycles. The molecule has 0 saturated heterocycles. The summed E-state index contributed by atoms with van der Waals surface area (Å²) in [7, 11) is 0. The van der Waals surface area contributed by atoms with Gasteiger partial charge in [0.25, 0.3) is 0 Å². The number of carbonyl (C=O) groups excluding carboxylic acids is 2. The summed E-state index contributed by atoms with van der Waals surface area (Å²) in [5.41, 5.74) is 5.66. The van der Waals surface area contributed by atoms with Gasteiger partial charge in [0.1, 0.15) is 12.6 Å². The lowest BCUT2D eigenvalue weighted by Gasteiger charge is -2.29. The van der Waals surface area contributed by atoms with E-state index in [2.05, 4.69) is 5.32 Å². The number of nitrogens with zero attached hydrogens (tertiary/aromatic N) is 1. The largest absolute Gasteiger partial charge is 0.480 e. The average Bonchev–Trinajstić information content (AvgIpc) is 3.13. The van der Waals surface area contributed by atoms with Crippen LogP contribution in [-0.4, -0.2) is 40.6 Å². The fourth-order valence-corrected chi connectivity index (χ4v) is 5.54. The Hall–Kier alpha value is -5.69. The number of benzene rings is 5. The van der Waals surface area contributed by atoms with Gasteiger partial charge in [0.15, 0.2) is 0 Å². The molecule has 5 aromatic carbocycles. The van der Waals surface area contributed by atoms with Crippen molar-refractivity contribution in [3.8, 4) is 11.1 Å². The smallest absolute Gasteiger partial charge is 0.326 e. The van der Waals surface area contributed by atoms with Crippen LogP contribution in [0.25, 0.3) is 11.1 Å². The molecule has 0 aliphatic rings. The molecule has 48 heavy (non-hydrogen) atoms. The molecule has 0 aliphatic heterocycles. The maximum atomic E-state index is 13.9. The maximum absolute atomic E-state index is 13.9. The Bertz CT molecular complexity index is 1730. The Morgan fingerprint density at radius 2 is 1.15 bits per heavy atom. The molecule has 7 heteroatoms. The van der Waals surface area contributed by atoms with Crippen LogP contribution in [0.2, 0.25) is 0 Å². The highest BCUT2D eigenvalue weighted by atomic mass is 16.5. The predicted molar refractivity (Wildman–Crippen MR) is 187 cm³/mol. The summed E-state index contributed by atoms with van der Waals surface area (Å²) < 4.78 is 5.76. The van der Waals surface area contributed by atoms with Crippen molar-refractivity contribution < 1.29 is 24.2 Å². The van der Waals surface area contributed by atoms with Crippen molar-refractivity contribution in [1.29, 1.82) is 0 Å². The molecule has 0 spiro atoms. The molecular formula is C41H40N2O5. The number of rotatable bonds is 15. The van der Waals surface area contributed by atoms with E-state index in [1.54, 1.807) is 0 Å². The highest BCUT2D eigenvalue weighted by Crippen LogP contribution is 2.21. The first kappa shape index (κ1) is 33.7. The van der Waals surface area contributed by atoms with Gasteiger partial charge in [-0.25, -0.2) is 9.59 Å². The lowest BCUT2D eigenvalue weighted by Crippen LogP contribution is -2.50. The number of carboxylic acid groups (broad SMARTS) is 1. The number of carboxylic acids is 1. The first-order chi connectivity index (χ1) is 23.4. The molecule has 244 valence electrons. The number of amides is 2. The Morgan fingerprint density at radius 3 is 1.73 bits per heavy atom. The van der Waals surface area contributed by atoms with Gasteiger partial charge in [0.2, 0.25) is 0 Å². The van der Waals surface area contributed by atoms with Gasteiger partial charge in [0, 0.05) is 19.5 Å². The summed E-state index contributed by atoms with van der Waals surface area (Å²) >= 11 is 0. The van der Waals surface area contributed by atoms with Crippen molar-refractivity contribution in [3.05, 3.63) is 168 Å². The number of ether oxygens (including phenoxy) is 1. The van der Waals surface area contributed by atoms with E-state index in [4.69, 9.17) is 4.74 Å². The van der Waals surface area contributed by atoms with Gasteiger partial charge in [-0.05, 0) is 46.2 Å². The third kappa shape index (κ3) is 10.2. The molecule has 0 radical (unpaired) electrons. The van der Waals surface area contributed by atoms with Crippen molar-refractivity contribution in [2.24, 2.45) is 5.92 Å². The molecule has 1 unspecified atom stereocenters. The molecule has 0 heterocycles. The minimum Gasteiger partial charge on any atom is -0.480 e. The molecule has 7 nitrogen and oxygen atoms in total. The van der Waals surface area contributed by atoms with Crippen LogP contribution in [-0.2, 0) is 40.3 Å². The highest BCUT2D eigenvalue weighted by molar-refractivity contribution is 5.83. The summed E-state index contributed by atoms with van der Waals surface area (Å²) in [6.45, 7) is 0.369. The fourth-order valence-electron chi connectivity index (χ4n) is 5.54.